The lowest BCUT2D eigenvalue weighted by atomic mass is 9.81. The molecule has 0 saturated carbocycles. The molecule has 0 aromatic heterocycles. The zero-order valence-electron chi connectivity index (χ0n) is 15.9. The van der Waals surface area contributed by atoms with Crippen LogP contribution in [0.2, 0.25) is 0 Å². The van der Waals surface area contributed by atoms with Crippen molar-refractivity contribution in [2.75, 3.05) is 0 Å². The highest BCUT2D eigenvalue weighted by molar-refractivity contribution is 9.10. The first kappa shape index (κ1) is 16.3. The van der Waals surface area contributed by atoms with Crippen molar-refractivity contribution in [3.8, 4) is 11.1 Å². The molecule has 0 saturated heterocycles. The molecule has 28 heavy (non-hydrogen) atoms. The Bertz CT molecular complexity index is 1440. The second-order valence-corrected chi connectivity index (χ2v) is 9.34. The molecule has 0 nitrogen and oxygen atoms in total. The fraction of sp³-hybridized carbons (Fsp3) is 0.111. The number of rotatable bonds is 1. The van der Waals surface area contributed by atoms with E-state index >= 15 is 0 Å². The summed E-state index contributed by atoms with van der Waals surface area (Å²) in [7, 11) is 0. The van der Waals surface area contributed by atoms with Gasteiger partial charge in [0.15, 0.2) is 0 Å². The Balaban J connectivity index is 1.65. The summed E-state index contributed by atoms with van der Waals surface area (Å²) in [6.07, 6.45) is 0. The van der Waals surface area contributed by atoms with Crippen molar-refractivity contribution in [2.24, 2.45) is 0 Å². The summed E-state index contributed by atoms with van der Waals surface area (Å²) in [6.45, 7) is 4.72. The second-order valence-electron chi connectivity index (χ2n) is 8.42. The largest absolute Gasteiger partial charge is 0.0613 e. The van der Waals surface area contributed by atoms with Crippen LogP contribution in [0.15, 0.2) is 83.3 Å². The predicted octanol–water partition coefficient (Wildman–Crippen LogP) is 8.22. The molecule has 0 bridgehead atoms. The number of halogens is 1. The van der Waals surface area contributed by atoms with Crippen molar-refractivity contribution < 1.29 is 0 Å². The molecular weight excluding hydrogens is 404 g/mol. The Labute approximate surface area is 172 Å². The molecule has 0 aliphatic heterocycles. The monoisotopic (exact) mass is 422 g/mol. The van der Waals surface area contributed by atoms with E-state index in [9.17, 15) is 0 Å². The summed E-state index contributed by atoms with van der Waals surface area (Å²) in [6, 6.07) is 29.3. The Kier molecular flexibility index (Phi) is 3.18. The lowest BCUT2D eigenvalue weighted by molar-refractivity contribution is 0.663. The first-order valence-corrected chi connectivity index (χ1v) is 10.5. The maximum atomic E-state index is 3.57. The minimum Gasteiger partial charge on any atom is -0.0613 e. The van der Waals surface area contributed by atoms with Gasteiger partial charge in [0.2, 0.25) is 0 Å². The van der Waals surface area contributed by atoms with Gasteiger partial charge in [-0.25, -0.2) is 0 Å². The van der Waals surface area contributed by atoms with E-state index in [0.717, 1.165) is 4.47 Å². The summed E-state index contributed by atoms with van der Waals surface area (Å²) >= 11 is 3.57. The van der Waals surface area contributed by atoms with Crippen LogP contribution >= 0.6 is 15.9 Å². The fourth-order valence-corrected chi connectivity index (χ4v) is 5.34. The smallest absolute Gasteiger partial charge is 0.0181 e. The summed E-state index contributed by atoms with van der Waals surface area (Å²) in [5.74, 6) is 0. The predicted molar refractivity (Wildman–Crippen MR) is 124 cm³/mol. The molecule has 0 radical (unpaired) electrons. The highest BCUT2D eigenvalue weighted by atomic mass is 79.9. The van der Waals surface area contributed by atoms with Crippen molar-refractivity contribution in [1.82, 2.24) is 0 Å². The molecule has 0 amide bonds. The maximum absolute atomic E-state index is 3.57. The fourth-order valence-electron chi connectivity index (χ4n) is 4.96. The first-order valence-electron chi connectivity index (χ1n) is 9.72. The van der Waals surface area contributed by atoms with E-state index in [0.29, 0.717) is 0 Å². The highest BCUT2D eigenvalue weighted by Crippen LogP contribution is 2.49. The van der Waals surface area contributed by atoms with Crippen molar-refractivity contribution in [3.63, 3.8) is 0 Å². The van der Waals surface area contributed by atoms with Crippen LogP contribution in [0.1, 0.15) is 25.0 Å². The van der Waals surface area contributed by atoms with Gasteiger partial charge in [0.1, 0.15) is 0 Å². The van der Waals surface area contributed by atoms with Crippen LogP contribution in [0.5, 0.6) is 0 Å². The third-order valence-electron chi connectivity index (χ3n) is 6.44. The van der Waals surface area contributed by atoms with Crippen LogP contribution in [0.4, 0.5) is 0 Å². The van der Waals surface area contributed by atoms with E-state index in [1.807, 2.05) is 0 Å². The van der Waals surface area contributed by atoms with Crippen molar-refractivity contribution in [2.45, 2.75) is 19.3 Å². The van der Waals surface area contributed by atoms with Crippen LogP contribution in [-0.2, 0) is 5.41 Å². The van der Waals surface area contributed by atoms with E-state index in [1.165, 1.54) is 54.6 Å². The third-order valence-corrected chi connectivity index (χ3v) is 6.93. The molecule has 5 aromatic carbocycles. The van der Waals surface area contributed by atoms with Crippen molar-refractivity contribution in [1.29, 1.82) is 0 Å². The van der Waals surface area contributed by atoms with Gasteiger partial charge >= 0.3 is 0 Å². The summed E-state index contributed by atoms with van der Waals surface area (Å²) < 4.78 is 1.12. The Morgan fingerprint density at radius 3 is 2.14 bits per heavy atom. The maximum Gasteiger partial charge on any atom is 0.0181 e. The summed E-state index contributed by atoms with van der Waals surface area (Å²) in [5, 5.41) is 8.10. The van der Waals surface area contributed by atoms with Gasteiger partial charge < -0.3 is 0 Å². The van der Waals surface area contributed by atoms with Crippen LogP contribution in [0.25, 0.3) is 43.4 Å². The van der Waals surface area contributed by atoms with Gasteiger partial charge in [0, 0.05) is 9.89 Å². The molecule has 0 spiro atoms. The normalized spacial score (nSPS) is 14.5. The third kappa shape index (κ3) is 2.11. The highest BCUT2D eigenvalue weighted by Gasteiger charge is 2.34. The number of hydrogen-bond acceptors (Lipinski definition) is 0. The standard InChI is InChI=1S/C27H19Br/c1-27(2)23-5-3-4-16-6-9-20-13-21(15-24(27)26(20)25(16)23)18-7-8-19-14-22(28)11-10-17(19)12-18/h3-15H,1-2H3. The van der Waals surface area contributed by atoms with Crippen LogP contribution < -0.4 is 0 Å². The molecule has 0 atom stereocenters. The molecule has 0 heterocycles. The van der Waals surface area contributed by atoms with Crippen LogP contribution in [0.3, 0.4) is 0 Å². The molecule has 0 N–H and O–H groups in total. The van der Waals surface area contributed by atoms with Gasteiger partial charge in [-0.3, -0.25) is 0 Å². The van der Waals surface area contributed by atoms with Gasteiger partial charge in [0.05, 0.1) is 0 Å². The van der Waals surface area contributed by atoms with Gasteiger partial charge in [-0.1, -0.05) is 78.3 Å². The number of fused-ring (bicyclic) bond motifs is 1. The second kappa shape index (κ2) is 5.46. The summed E-state index contributed by atoms with van der Waals surface area (Å²) in [4.78, 5) is 0. The minimum atomic E-state index is 0.0270. The molecule has 0 fully saturated rings. The Morgan fingerprint density at radius 2 is 1.25 bits per heavy atom. The van der Waals surface area contributed by atoms with Crippen LogP contribution in [0, 0.1) is 0 Å². The van der Waals surface area contributed by atoms with E-state index in [2.05, 4.69) is 109 Å². The molecule has 0 unspecified atom stereocenters. The molecule has 1 heteroatoms. The van der Waals surface area contributed by atoms with Crippen molar-refractivity contribution >= 4 is 48.2 Å². The zero-order chi connectivity index (χ0) is 19.0. The Hall–Kier alpha value is -2.64. The Morgan fingerprint density at radius 1 is 0.571 bits per heavy atom. The van der Waals surface area contributed by atoms with E-state index in [4.69, 9.17) is 0 Å². The van der Waals surface area contributed by atoms with Gasteiger partial charge in [-0.05, 0) is 84.9 Å². The van der Waals surface area contributed by atoms with Crippen LogP contribution in [-0.4, -0.2) is 0 Å². The SMILES string of the molecule is CC1(C)c2cccc3ccc4cc(-c5ccc6cc(Br)ccc6c5)cc1c4c23. The minimum absolute atomic E-state index is 0.0270. The molecule has 134 valence electrons. The van der Waals surface area contributed by atoms with Gasteiger partial charge in [0.25, 0.3) is 0 Å². The lowest BCUT2D eigenvalue weighted by Gasteiger charge is -2.22. The van der Waals surface area contributed by atoms with Crippen molar-refractivity contribution in [3.05, 3.63) is 94.5 Å². The van der Waals surface area contributed by atoms with Gasteiger partial charge in [-0.15, -0.1) is 0 Å². The average molecular weight is 423 g/mol. The molecular formula is C27H19Br. The number of hydrogen-bond donors (Lipinski definition) is 0. The number of benzene rings is 5. The topological polar surface area (TPSA) is 0 Å². The van der Waals surface area contributed by atoms with E-state index < -0.39 is 0 Å². The molecule has 6 rings (SSSR count). The lowest BCUT2D eigenvalue weighted by Crippen LogP contribution is -2.15. The molecule has 1 aliphatic carbocycles. The molecule has 1 aliphatic rings. The first-order chi connectivity index (χ1) is 13.5. The van der Waals surface area contributed by atoms with E-state index in [-0.39, 0.29) is 5.41 Å². The zero-order valence-corrected chi connectivity index (χ0v) is 17.5. The quantitative estimate of drug-likeness (QED) is 0.238. The average Bonchev–Trinajstić information content (AvgIpc) is 2.94. The summed E-state index contributed by atoms with van der Waals surface area (Å²) in [5.41, 5.74) is 5.50. The molecule has 5 aromatic rings. The van der Waals surface area contributed by atoms with E-state index in [1.54, 1.807) is 0 Å². The van der Waals surface area contributed by atoms with Gasteiger partial charge in [-0.2, -0.15) is 0 Å².